The van der Waals surface area contributed by atoms with Crippen LogP contribution < -0.4 is 5.32 Å². The van der Waals surface area contributed by atoms with Crippen LogP contribution in [0.3, 0.4) is 0 Å². The normalized spacial score (nSPS) is 32.3. The van der Waals surface area contributed by atoms with E-state index in [1.165, 1.54) is 11.1 Å². The average molecular weight is 265 g/mol. The van der Waals surface area contributed by atoms with Gasteiger partial charge in [-0.25, -0.2) is 8.42 Å². The van der Waals surface area contributed by atoms with Crippen LogP contribution in [-0.4, -0.2) is 25.0 Å². The molecule has 98 valence electrons. The van der Waals surface area contributed by atoms with Crippen molar-refractivity contribution in [3.63, 3.8) is 0 Å². The predicted octanol–water partition coefficient (Wildman–Crippen LogP) is 1.84. The van der Waals surface area contributed by atoms with Crippen molar-refractivity contribution in [3.8, 4) is 0 Å². The Balaban J connectivity index is 2.10. The number of hydrogen-bond acceptors (Lipinski definition) is 3. The van der Waals surface area contributed by atoms with Crippen molar-refractivity contribution in [2.75, 3.05) is 5.75 Å². The molecule has 1 N–H and O–H groups in total. The van der Waals surface area contributed by atoms with E-state index in [0.29, 0.717) is 0 Å². The van der Waals surface area contributed by atoms with E-state index in [9.17, 15) is 8.42 Å². The fraction of sp³-hybridized carbons (Fsp3) is 0.571. The second-order valence-corrected chi connectivity index (χ2v) is 8.31. The highest BCUT2D eigenvalue weighted by Crippen LogP contribution is 2.39. The number of benzene rings is 1. The van der Waals surface area contributed by atoms with Gasteiger partial charge in [-0.2, -0.15) is 0 Å². The summed E-state index contributed by atoms with van der Waals surface area (Å²) in [7, 11) is -3.00. The van der Waals surface area contributed by atoms with Gasteiger partial charge in [-0.1, -0.05) is 24.3 Å². The van der Waals surface area contributed by atoms with Gasteiger partial charge in [0.25, 0.3) is 0 Å². The van der Waals surface area contributed by atoms with E-state index >= 15 is 0 Å². The summed E-state index contributed by atoms with van der Waals surface area (Å²) in [5.74, 6) is 0.239. The highest BCUT2D eigenvalue weighted by molar-refractivity contribution is 7.92. The molecule has 0 bridgehead atoms. The fourth-order valence-electron chi connectivity index (χ4n) is 3.36. The summed E-state index contributed by atoms with van der Waals surface area (Å²) >= 11 is 0. The third kappa shape index (κ3) is 1.88. The summed E-state index contributed by atoms with van der Waals surface area (Å²) in [6.07, 6.45) is 1.62. The van der Waals surface area contributed by atoms with Gasteiger partial charge >= 0.3 is 0 Å². The van der Waals surface area contributed by atoms with Gasteiger partial charge in [-0.3, -0.25) is 0 Å². The van der Waals surface area contributed by atoms with Crippen LogP contribution in [0, 0.1) is 0 Å². The van der Waals surface area contributed by atoms with E-state index in [-0.39, 0.29) is 22.6 Å². The van der Waals surface area contributed by atoms with Gasteiger partial charge in [0.2, 0.25) is 0 Å². The highest BCUT2D eigenvalue weighted by Gasteiger charge is 2.46. The topological polar surface area (TPSA) is 46.2 Å². The average Bonchev–Trinajstić information content (AvgIpc) is 2.26. The second-order valence-electron chi connectivity index (χ2n) is 6.09. The molecule has 0 spiro atoms. The van der Waals surface area contributed by atoms with Crippen molar-refractivity contribution in [1.29, 1.82) is 0 Å². The van der Waals surface area contributed by atoms with Crippen LogP contribution in [0.15, 0.2) is 24.3 Å². The van der Waals surface area contributed by atoms with Crippen LogP contribution in [0.25, 0.3) is 0 Å². The first-order chi connectivity index (χ1) is 8.39. The molecule has 0 saturated carbocycles. The van der Waals surface area contributed by atoms with E-state index in [0.717, 1.165) is 12.8 Å². The van der Waals surface area contributed by atoms with Crippen molar-refractivity contribution in [2.45, 2.75) is 43.5 Å². The summed E-state index contributed by atoms with van der Waals surface area (Å²) < 4.78 is 24.8. The second kappa shape index (κ2) is 3.81. The Hall–Kier alpha value is -0.870. The maximum atomic E-state index is 12.4. The Morgan fingerprint density at radius 2 is 2.00 bits per heavy atom. The molecule has 0 aromatic heterocycles. The Labute approximate surface area is 109 Å². The molecular formula is C14H19NO2S. The third-order valence-electron chi connectivity index (χ3n) is 4.03. The van der Waals surface area contributed by atoms with Gasteiger partial charge < -0.3 is 5.32 Å². The number of fused-ring (bicyclic) bond motifs is 3. The van der Waals surface area contributed by atoms with Crippen molar-refractivity contribution in [1.82, 2.24) is 5.32 Å². The molecule has 1 aliphatic carbocycles. The van der Waals surface area contributed by atoms with Crippen molar-refractivity contribution >= 4 is 9.84 Å². The molecule has 2 atom stereocenters. The summed E-state index contributed by atoms with van der Waals surface area (Å²) in [4.78, 5) is 0. The predicted molar refractivity (Wildman–Crippen MR) is 72.3 cm³/mol. The largest absolute Gasteiger partial charge is 0.303 e. The zero-order chi connectivity index (χ0) is 13.0. The Bertz CT molecular complexity index is 577. The summed E-state index contributed by atoms with van der Waals surface area (Å²) in [6.45, 7) is 3.94. The number of hydrogen-bond donors (Lipinski definition) is 1. The molecule has 2 unspecified atom stereocenters. The van der Waals surface area contributed by atoms with Gasteiger partial charge in [0.1, 0.15) is 0 Å². The maximum Gasteiger partial charge on any atom is 0.156 e. The molecule has 1 fully saturated rings. The van der Waals surface area contributed by atoms with Crippen LogP contribution >= 0.6 is 0 Å². The van der Waals surface area contributed by atoms with E-state index in [1.54, 1.807) is 0 Å². The summed E-state index contributed by atoms with van der Waals surface area (Å²) in [5, 5.41) is 3.28. The van der Waals surface area contributed by atoms with Gasteiger partial charge in [0.15, 0.2) is 9.84 Å². The number of aryl methyl sites for hydroxylation is 1. The molecule has 0 radical (unpaired) electrons. The van der Waals surface area contributed by atoms with Crippen LogP contribution in [0.1, 0.15) is 37.4 Å². The molecular weight excluding hydrogens is 246 g/mol. The molecule has 18 heavy (non-hydrogen) atoms. The zero-order valence-corrected chi connectivity index (χ0v) is 11.6. The fourth-order valence-corrected chi connectivity index (χ4v) is 5.77. The lowest BCUT2D eigenvalue weighted by molar-refractivity contribution is 0.313. The zero-order valence-electron chi connectivity index (χ0n) is 10.8. The molecule has 0 amide bonds. The van der Waals surface area contributed by atoms with Crippen LogP contribution in [0.5, 0.6) is 0 Å². The van der Waals surface area contributed by atoms with Crippen LogP contribution in [0.2, 0.25) is 0 Å². The van der Waals surface area contributed by atoms with Crippen molar-refractivity contribution in [2.24, 2.45) is 0 Å². The monoisotopic (exact) mass is 265 g/mol. The molecule has 3 rings (SSSR count). The van der Waals surface area contributed by atoms with E-state index in [4.69, 9.17) is 0 Å². The van der Waals surface area contributed by atoms with Crippen molar-refractivity contribution < 1.29 is 8.42 Å². The van der Waals surface area contributed by atoms with Gasteiger partial charge in [0.05, 0.1) is 11.0 Å². The maximum absolute atomic E-state index is 12.4. The number of rotatable bonds is 0. The van der Waals surface area contributed by atoms with E-state index < -0.39 is 9.84 Å². The van der Waals surface area contributed by atoms with Gasteiger partial charge in [0, 0.05) is 11.6 Å². The lowest BCUT2D eigenvalue weighted by atomic mass is 9.85. The standard InChI is InChI=1S/C14H19NO2S/c1-14(2)9-18(16,17)12-8-7-10-5-3-4-6-11(10)13(12)15-14/h3-6,12-13,15H,7-9H2,1-2H3. The quantitative estimate of drug-likeness (QED) is 0.778. The summed E-state index contributed by atoms with van der Waals surface area (Å²) in [5.41, 5.74) is 2.12. The highest BCUT2D eigenvalue weighted by atomic mass is 32.2. The Morgan fingerprint density at radius 1 is 1.28 bits per heavy atom. The number of sulfone groups is 1. The minimum Gasteiger partial charge on any atom is -0.303 e. The van der Waals surface area contributed by atoms with Crippen LogP contribution in [0.4, 0.5) is 0 Å². The molecule has 1 saturated heterocycles. The molecule has 1 aromatic rings. The first-order valence-electron chi connectivity index (χ1n) is 6.46. The number of nitrogens with one attached hydrogen (secondary N) is 1. The smallest absolute Gasteiger partial charge is 0.156 e. The van der Waals surface area contributed by atoms with E-state index in [2.05, 4.69) is 17.4 Å². The minimum atomic E-state index is -3.00. The third-order valence-corrected chi connectivity index (χ3v) is 6.58. The minimum absolute atomic E-state index is 0.0382. The molecule has 1 heterocycles. The molecule has 3 nitrogen and oxygen atoms in total. The summed E-state index contributed by atoms with van der Waals surface area (Å²) in [6, 6.07) is 8.17. The molecule has 1 aromatic carbocycles. The molecule has 4 heteroatoms. The van der Waals surface area contributed by atoms with Gasteiger partial charge in [-0.05, 0) is 37.8 Å². The SMILES string of the molecule is CC1(C)CS(=O)(=O)C2CCc3ccccc3C2N1. The first kappa shape index (κ1) is 12.2. The van der Waals surface area contributed by atoms with Crippen LogP contribution in [-0.2, 0) is 16.3 Å². The molecule has 2 aliphatic rings. The molecule has 1 aliphatic heterocycles. The lowest BCUT2D eigenvalue weighted by Crippen LogP contribution is -2.59. The van der Waals surface area contributed by atoms with Crippen molar-refractivity contribution in [3.05, 3.63) is 35.4 Å². The first-order valence-corrected chi connectivity index (χ1v) is 8.18. The Morgan fingerprint density at radius 3 is 2.78 bits per heavy atom. The Kier molecular flexibility index (Phi) is 2.58. The van der Waals surface area contributed by atoms with Gasteiger partial charge in [-0.15, -0.1) is 0 Å². The lowest BCUT2D eigenvalue weighted by Gasteiger charge is -2.44. The van der Waals surface area contributed by atoms with E-state index in [1.807, 2.05) is 26.0 Å².